The van der Waals surface area contributed by atoms with Gasteiger partial charge in [-0.25, -0.2) is 8.78 Å². The van der Waals surface area contributed by atoms with Gasteiger partial charge in [0.25, 0.3) is 5.92 Å². The van der Waals surface area contributed by atoms with Crippen LogP contribution in [0.15, 0.2) is 73.0 Å². The van der Waals surface area contributed by atoms with Crippen LogP contribution in [0.5, 0.6) is 0 Å². The van der Waals surface area contributed by atoms with Crippen LogP contribution < -0.4 is 5.73 Å². The van der Waals surface area contributed by atoms with Crippen molar-refractivity contribution in [1.29, 1.82) is 0 Å². The molecule has 0 amide bonds. The summed E-state index contributed by atoms with van der Waals surface area (Å²) in [6.07, 6.45) is 18.0. The number of rotatable bonds is 14. The third-order valence-electron chi connectivity index (χ3n) is 5.88. The second kappa shape index (κ2) is 26.9. The fraction of sp³-hybridized carbons (Fsp3) is 0.588. The molecule has 0 aromatic heterocycles. The Bertz CT molecular complexity index is 726. The van der Waals surface area contributed by atoms with Crippen LogP contribution in [0.3, 0.4) is 0 Å². The maximum absolute atomic E-state index is 13.2. The van der Waals surface area contributed by atoms with Crippen LogP contribution in [0.1, 0.15) is 118 Å². The van der Waals surface area contributed by atoms with Crippen molar-refractivity contribution in [2.45, 2.75) is 126 Å². The van der Waals surface area contributed by atoms with Gasteiger partial charge in [0, 0.05) is 12.5 Å². The molecule has 3 heteroatoms. The van der Waals surface area contributed by atoms with E-state index in [1.807, 2.05) is 26.8 Å². The summed E-state index contributed by atoms with van der Waals surface area (Å²) in [6, 6.07) is 8.86. The lowest BCUT2D eigenvalue weighted by atomic mass is 9.90. The number of alkyl halides is 2. The predicted molar refractivity (Wildman–Crippen MR) is 165 cm³/mol. The van der Waals surface area contributed by atoms with Crippen LogP contribution in [-0.4, -0.2) is 5.92 Å². The molecule has 1 unspecified atom stereocenters. The minimum absolute atomic E-state index is 0.0161. The van der Waals surface area contributed by atoms with Gasteiger partial charge in [-0.1, -0.05) is 135 Å². The van der Waals surface area contributed by atoms with Crippen LogP contribution in [0.2, 0.25) is 0 Å². The van der Waals surface area contributed by atoms with Crippen molar-refractivity contribution in [2.24, 2.45) is 11.7 Å². The number of unbranched alkanes of at least 4 members (excludes halogenated alkanes) is 2. The van der Waals surface area contributed by atoms with Crippen molar-refractivity contribution in [1.82, 2.24) is 0 Å². The standard InChI is InChI=1S/C17H28F2.C13H20.C2H5N.C2H6/c1-6-9-11-15(10-7-2)14(4)12-13-16(8-3)17(5,18)19;1-3-5-9-13-11-7-6-10-12(13)8-4-2;1-2-3;1-2/h8,12-13,15H,3,6-7,9-11H2,1-2,4-5H3;6-7,10-11H,3-5,8-9H2,1-2H3;2H,1,3H2;1-2H3/b14-12+,16-13+;;;. The maximum Gasteiger partial charge on any atom is 0.270 e. The van der Waals surface area contributed by atoms with Gasteiger partial charge in [0.2, 0.25) is 0 Å². The van der Waals surface area contributed by atoms with E-state index in [0.717, 1.165) is 26.2 Å². The zero-order chi connectivity index (χ0) is 29.1. The van der Waals surface area contributed by atoms with E-state index in [4.69, 9.17) is 0 Å². The van der Waals surface area contributed by atoms with Crippen molar-refractivity contribution in [2.75, 3.05) is 0 Å². The molecule has 214 valence electrons. The number of allylic oxidation sites excluding steroid dienone is 5. The first-order valence-electron chi connectivity index (χ1n) is 14.4. The SMILES string of the molecule is C=C/C(=C\C=C(/C)C(CCC)CCCC)C(C)(F)F.C=CN.CC.CCCCc1ccccc1CCC. The number of aryl methyl sites for hydroxylation is 2. The summed E-state index contributed by atoms with van der Waals surface area (Å²) in [7, 11) is 0. The summed E-state index contributed by atoms with van der Waals surface area (Å²) < 4.78 is 26.4. The fourth-order valence-corrected chi connectivity index (χ4v) is 3.83. The van der Waals surface area contributed by atoms with Crippen molar-refractivity contribution in [3.05, 3.63) is 84.1 Å². The van der Waals surface area contributed by atoms with Gasteiger partial charge in [0.15, 0.2) is 0 Å². The molecule has 0 fully saturated rings. The van der Waals surface area contributed by atoms with Gasteiger partial charge >= 0.3 is 0 Å². The van der Waals surface area contributed by atoms with Crippen molar-refractivity contribution >= 4 is 0 Å². The third kappa shape index (κ3) is 21.6. The fourth-order valence-electron chi connectivity index (χ4n) is 3.83. The topological polar surface area (TPSA) is 26.0 Å². The second-order valence-electron chi connectivity index (χ2n) is 9.11. The Labute approximate surface area is 230 Å². The van der Waals surface area contributed by atoms with Gasteiger partial charge in [0.1, 0.15) is 0 Å². The van der Waals surface area contributed by atoms with E-state index >= 15 is 0 Å². The molecule has 0 spiro atoms. The highest BCUT2D eigenvalue weighted by molar-refractivity contribution is 5.30. The van der Waals surface area contributed by atoms with E-state index in [1.54, 1.807) is 11.1 Å². The van der Waals surface area contributed by atoms with Crippen molar-refractivity contribution in [3.8, 4) is 0 Å². The van der Waals surface area contributed by atoms with E-state index in [9.17, 15) is 8.78 Å². The third-order valence-corrected chi connectivity index (χ3v) is 5.88. The number of hydrogen-bond donors (Lipinski definition) is 1. The minimum Gasteiger partial charge on any atom is -0.405 e. The lowest BCUT2D eigenvalue weighted by molar-refractivity contribution is 0.0676. The molecule has 37 heavy (non-hydrogen) atoms. The van der Waals surface area contributed by atoms with E-state index in [-0.39, 0.29) is 5.57 Å². The van der Waals surface area contributed by atoms with Gasteiger partial charge in [0.05, 0.1) is 0 Å². The number of hydrogen-bond acceptors (Lipinski definition) is 1. The quantitative estimate of drug-likeness (QED) is 0.243. The number of halogens is 2. The summed E-state index contributed by atoms with van der Waals surface area (Å²) in [5.74, 6) is -2.31. The molecule has 1 rings (SSSR count). The summed E-state index contributed by atoms with van der Waals surface area (Å²) in [6.45, 7) is 22.4. The number of nitrogens with two attached hydrogens (primary N) is 1. The number of benzene rings is 1. The maximum atomic E-state index is 13.2. The lowest BCUT2D eigenvalue weighted by Gasteiger charge is -2.17. The molecule has 2 N–H and O–H groups in total. The van der Waals surface area contributed by atoms with Crippen LogP contribution >= 0.6 is 0 Å². The lowest BCUT2D eigenvalue weighted by Crippen LogP contribution is -2.11. The molecule has 0 radical (unpaired) electrons. The molecular weight excluding hydrogens is 460 g/mol. The monoisotopic (exact) mass is 519 g/mol. The van der Waals surface area contributed by atoms with E-state index in [2.05, 4.69) is 70.9 Å². The molecule has 1 aromatic carbocycles. The Morgan fingerprint density at radius 2 is 1.38 bits per heavy atom. The van der Waals surface area contributed by atoms with Crippen molar-refractivity contribution < 1.29 is 8.78 Å². The molecule has 1 nitrogen and oxygen atoms in total. The van der Waals surface area contributed by atoms with Crippen LogP contribution in [-0.2, 0) is 12.8 Å². The summed E-state index contributed by atoms with van der Waals surface area (Å²) in [5, 5.41) is 0. The highest BCUT2D eigenvalue weighted by atomic mass is 19.3. The Morgan fingerprint density at radius 1 is 0.865 bits per heavy atom. The van der Waals surface area contributed by atoms with E-state index < -0.39 is 5.92 Å². The first-order chi connectivity index (χ1) is 17.7. The minimum atomic E-state index is -2.82. The molecular formula is C34H59F2N. The largest absolute Gasteiger partial charge is 0.405 e. The van der Waals surface area contributed by atoms with Crippen LogP contribution in [0.4, 0.5) is 8.78 Å². The molecule has 0 saturated carbocycles. The first kappa shape index (κ1) is 39.4. The molecule has 0 saturated heterocycles. The van der Waals surface area contributed by atoms with Gasteiger partial charge in [-0.05, 0) is 62.3 Å². The molecule has 1 aromatic rings. The Hall–Kier alpha value is -2.16. The van der Waals surface area contributed by atoms with Gasteiger partial charge in [-0.3, -0.25) is 0 Å². The zero-order valence-corrected chi connectivity index (χ0v) is 25.5. The van der Waals surface area contributed by atoms with Gasteiger partial charge in [-0.15, -0.1) is 0 Å². The highest BCUT2D eigenvalue weighted by Crippen LogP contribution is 2.26. The van der Waals surface area contributed by atoms with E-state index in [0.29, 0.717) is 5.92 Å². The van der Waals surface area contributed by atoms with Gasteiger partial charge in [-0.2, -0.15) is 0 Å². The smallest absolute Gasteiger partial charge is 0.270 e. The predicted octanol–water partition coefficient (Wildman–Crippen LogP) is 11.4. The molecule has 0 heterocycles. The van der Waals surface area contributed by atoms with Gasteiger partial charge < -0.3 is 5.73 Å². The van der Waals surface area contributed by atoms with Crippen LogP contribution in [0.25, 0.3) is 0 Å². The molecule has 1 atom stereocenters. The van der Waals surface area contributed by atoms with E-state index in [1.165, 1.54) is 68.9 Å². The van der Waals surface area contributed by atoms with Crippen LogP contribution in [0, 0.1) is 5.92 Å². The zero-order valence-electron chi connectivity index (χ0n) is 25.5. The van der Waals surface area contributed by atoms with Crippen molar-refractivity contribution in [3.63, 3.8) is 0 Å². The average Bonchev–Trinajstić information content (AvgIpc) is 2.87. The Morgan fingerprint density at radius 3 is 1.78 bits per heavy atom. The average molecular weight is 520 g/mol. The summed E-state index contributed by atoms with van der Waals surface area (Å²) in [4.78, 5) is 0. The Kier molecular flexibility index (Phi) is 28.6. The first-order valence-corrected chi connectivity index (χ1v) is 14.4. The summed E-state index contributed by atoms with van der Waals surface area (Å²) >= 11 is 0. The molecule has 0 aliphatic rings. The Balaban J connectivity index is -0.000000554. The summed E-state index contributed by atoms with van der Waals surface area (Å²) in [5.41, 5.74) is 8.90. The normalized spacial score (nSPS) is 12.1. The molecule has 0 aliphatic carbocycles. The second-order valence-corrected chi connectivity index (χ2v) is 9.11. The highest BCUT2D eigenvalue weighted by Gasteiger charge is 2.24. The molecule has 0 aliphatic heterocycles. The molecule has 0 bridgehead atoms.